The minimum Gasteiger partial charge on any atom is -0.480 e. The monoisotopic (exact) mass is 240 g/mol. The van der Waals surface area contributed by atoms with Crippen molar-refractivity contribution in [3.63, 3.8) is 0 Å². The largest absolute Gasteiger partial charge is 0.480 e. The second-order valence-corrected chi connectivity index (χ2v) is 5.06. The number of nitrogens with two attached hydrogens (primary N) is 1. The lowest BCUT2D eigenvalue weighted by molar-refractivity contribution is -0.150. The van der Waals surface area contributed by atoms with Gasteiger partial charge in [-0.15, -0.1) is 0 Å². The summed E-state index contributed by atoms with van der Waals surface area (Å²) in [6.45, 7) is 1.12. The molecule has 0 aromatic rings. The molecule has 0 aromatic carbocycles. The molecule has 1 saturated carbocycles. The predicted molar refractivity (Wildman–Crippen MR) is 62.3 cm³/mol. The Hall–Kier alpha value is -1.10. The fraction of sp³-hybridized carbons (Fsp3) is 0.833. The van der Waals surface area contributed by atoms with E-state index in [1.54, 1.807) is 4.90 Å². The molecule has 2 rings (SSSR count). The van der Waals surface area contributed by atoms with Gasteiger partial charge in [0.15, 0.2) is 0 Å². The molecule has 96 valence electrons. The summed E-state index contributed by atoms with van der Waals surface area (Å²) in [4.78, 5) is 25.0. The summed E-state index contributed by atoms with van der Waals surface area (Å²) in [5, 5.41) is 9.08. The minimum absolute atomic E-state index is 0.0165. The van der Waals surface area contributed by atoms with Gasteiger partial charge in [0.2, 0.25) is 5.91 Å². The van der Waals surface area contributed by atoms with Gasteiger partial charge in [0, 0.05) is 12.5 Å². The molecule has 2 unspecified atom stereocenters. The molecule has 5 heteroatoms. The Labute approximate surface area is 101 Å². The molecule has 3 N–H and O–H groups in total. The number of hydrogen-bond donors (Lipinski definition) is 2. The van der Waals surface area contributed by atoms with E-state index in [0.717, 1.165) is 25.7 Å². The number of rotatable bonds is 3. The van der Waals surface area contributed by atoms with E-state index in [0.29, 0.717) is 19.5 Å². The summed E-state index contributed by atoms with van der Waals surface area (Å²) >= 11 is 0. The van der Waals surface area contributed by atoms with Crippen molar-refractivity contribution < 1.29 is 14.7 Å². The van der Waals surface area contributed by atoms with Crippen molar-refractivity contribution in [2.75, 3.05) is 13.1 Å². The van der Waals surface area contributed by atoms with E-state index in [-0.39, 0.29) is 17.7 Å². The van der Waals surface area contributed by atoms with Crippen molar-refractivity contribution in [3.8, 4) is 0 Å². The van der Waals surface area contributed by atoms with Gasteiger partial charge in [0.1, 0.15) is 6.04 Å². The first-order valence-corrected chi connectivity index (χ1v) is 6.38. The second kappa shape index (κ2) is 5.04. The highest BCUT2D eigenvalue weighted by atomic mass is 16.4. The quantitative estimate of drug-likeness (QED) is 0.749. The summed E-state index contributed by atoms with van der Waals surface area (Å²) < 4.78 is 0. The normalized spacial score (nSPS) is 33.0. The first-order valence-electron chi connectivity index (χ1n) is 6.38. The van der Waals surface area contributed by atoms with Crippen LogP contribution >= 0.6 is 0 Å². The zero-order valence-electron chi connectivity index (χ0n) is 9.97. The lowest BCUT2D eigenvalue weighted by Crippen LogP contribution is -2.45. The maximum atomic E-state index is 12.3. The maximum Gasteiger partial charge on any atom is 0.326 e. The highest BCUT2D eigenvalue weighted by Gasteiger charge is 2.40. The van der Waals surface area contributed by atoms with Crippen LogP contribution in [0.5, 0.6) is 0 Å². The van der Waals surface area contributed by atoms with E-state index < -0.39 is 12.0 Å². The topological polar surface area (TPSA) is 83.6 Å². The Morgan fingerprint density at radius 1 is 1.24 bits per heavy atom. The van der Waals surface area contributed by atoms with Gasteiger partial charge in [0.25, 0.3) is 0 Å². The number of likely N-dealkylation sites (tertiary alicyclic amines) is 1. The molecule has 5 nitrogen and oxygen atoms in total. The third-order valence-electron chi connectivity index (χ3n) is 4.10. The van der Waals surface area contributed by atoms with Gasteiger partial charge in [-0.2, -0.15) is 0 Å². The van der Waals surface area contributed by atoms with Crippen molar-refractivity contribution in [3.05, 3.63) is 0 Å². The van der Waals surface area contributed by atoms with E-state index in [9.17, 15) is 9.59 Å². The van der Waals surface area contributed by atoms with Crippen molar-refractivity contribution >= 4 is 11.9 Å². The fourth-order valence-electron chi connectivity index (χ4n) is 3.14. The third-order valence-corrected chi connectivity index (χ3v) is 4.10. The minimum atomic E-state index is -0.877. The lowest BCUT2D eigenvalue weighted by atomic mass is 9.94. The molecular weight excluding hydrogens is 220 g/mol. The van der Waals surface area contributed by atoms with Crippen LogP contribution in [0.2, 0.25) is 0 Å². The van der Waals surface area contributed by atoms with Gasteiger partial charge in [0.05, 0.1) is 0 Å². The molecule has 1 aliphatic carbocycles. The highest BCUT2D eigenvalue weighted by Crippen LogP contribution is 2.34. The number of nitrogens with zero attached hydrogens (tertiary/aromatic N) is 1. The van der Waals surface area contributed by atoms with Crippen LogP contribution in [0.15, 0.2) is 0 Å². The number of carbonyl (C=O) groups excluding carboxylic acids is 1. The number of carbonyl (C=O) groups is 2. The van der Waals surface area contributed by atoms with Crippen molar-refractivity contribution in [1.82, 2.24) is 4.90 Å². The van der Waals surface area contributed by atoms with Crippen LogP contribution in [-0.4, -0.2) is 41.0 Å². The van der Waals surface area contributed by atoms with Gasteiger partial charge in [-0.1, -0.05) is 6.42 Å². The molecule has 1 amide bonds. The molecule has 1 saturated heterocycles. The molecule has 0 radical (unpaired) electrons. The van der Waals surface area contributed by atoms with Gasteiger partial charge in [-0.05, 0) is 38.1 Å². The van der Waals surface area contributed by atoms with Crippen LogP contribution in [0.3, 0.4) is 0 Å². The Morgan fingerprint density at radius 3 is 2.65 bits per heavy atom. The van der Waals surface area contributed by atoms with Crippen molar-refractivity contribution in [2.45, 2.75) is 38.1 Å². The number of carboxylic acid groups (broad SMARTS) is 1. The summed E-state index contributed by atoms with van der Waals surface area (Å²) in [5.74, 6) is -0.654. The number of carboxylic acids is 1. The van der Waals surface area contributed by atoms with Crippen LogP contribution in [-0.2, 0) is 9.59 Å². The zero-order valence-corrected chi connectivity index (χ0v) is 9.97. The smallest absolute Gasteiger partial charge is 0.326 e. The molecule has 17 heavy (non-hydrogen) atoms. The van der Waals surface area contributed by atoms with Gasteiger partial charge in [-0.25, -0.2) is 4.79 Å². The first kappa shape index (κ1) is 12.4. The van der Waals surface area contributed by atoms with Gasteiger partial charge >= 0.3 is 5.97 Å². The van der Waals surface area contributed by atoms with Crippen molar-refractivity contribution in [2.24, 2.45) is 17.6 Å². The van der Waals surface area contributed by atoms with Crippen LogP contribution in [0.1, 0.15) is 32.1 Å². The molecule has 1 aliphatic heterocycles. The van der Waals surface area contributed by atoms with E-state index in [4.69, 9.17) is 10.8 Å². The second-order valence-electron chi connectivity index (χ2n) is 5.06. The molecule has 1 heterocycles. The van der Waals surface area contributed by atoms with E-state index in [1.165, 1.54) is 0 Å². The Kier molecular flexibility index (Phi) is 3.66. The molecule has 0 spiro atoms. The number of hydrogen-bond acceptors (Lipinski definition) is 3. The summed E-state index contributed by atoms with van der Waals surface area (Å²) in [7, 11) is 0. The highest BCUT2D eigenvalue weighted by molar-refractivity contribution is 5.86. The molecule has 0 aromatic heterocycles. The molecular formula is C12H20N2O3. The SMILES string of the molecule is NCC1CCCC1C(=O)N1CCC[C@H]1C(=O)O. The summed E-state index contributed by atoms with van der Waals surface area (Å²) in [6, 6.07) is -0.610. The number of aliphatic carboxylic acids is 1. The van der Waals surface area contributed by atoms with Crippen LogP contribution in [0.25, 0.3) is 0 Å². The van der Waals surface area contributed by atoms with Crippen LogP contribution < -0.4 is 5.73 Å². The van der Waals surface area contributed by atoms with Crippen molar-refractivity contribution in [1.29, 1.82) is 0 Å². The molecule has 3 atom stereocenters. The Balaban J connectivity index is 2.06. The lowest BCUT2D eigenvalue weighted by Gasteiger charge is -2.27. The van der Waals surface area contributed by atoms with E-state index >= 15 is 0 Å². The summed E-state index contributed by atoms with van der Waals surface area (Å²) in [6.07, 6.45) is 4.27. The van der Waals surface area contributed by atoms with E-state index in [2.05, 4.69) is 0 Å². The average Bonchev–Trinajstić information content (AvgIpc) is 2.96. The Morgan fingerprint density at radius 2 is 2.00 bits per heavy atom. The molecule has 0 bridgehead atoms. The Bertz CT molecular complexity index is 319. The third kappa shape index (κ3) is 2.29. The average molecular weight is 240 g/mol. The fourth-order valence-corrected chi connectivity index (χ4v) is 3.14. The van der Waals surface area contributed by atoms with Crippen LogP contribution in [0.4, 0.5) is 0 Å². The first-order chi connectivity index (χ1) is 8.15. The number of amides is 1. The molecule has 2 fully saturated rings. The standard InChI is InChI=1S/C12H20N2O3/c13-7-8-3-1-4-9(8)11(15)14-6-2-5-10(14)12(16)17/h8-10H,1-7,13H2,(H,16,17)/t8?,9?,10-/m0/s1. The molecule has 2 aliphatic rings. The van der Waals surface area contributed by atoms with Gasteiger partial charge in [-0.3, -0.25) is 4.79 Å². The summed E-state index contributed by atoms with van der Waals surface area (Å²) in [5.41, 5.74) is 5.67. The van der Waals surface area contributed by atoms with E-state index in [1.807, 2.05) is 0 Å². The van der Waals surface area contributed by atoms with Gasteiger partial charge < -0.3 is 15.7 Å². The maximum absolute atomic E-state index is 12.3. The predicted octanol–water partition coefficient (Wildman–Crippen LogP) is 0.437. The zero-order chi connectivity index (χ0) is 12.4. The van der Waals surface area contributed by atoms with Crippen LogP contribution in [0, 0.1) is 11.8 Å².